The summed E-state index contributed by atoms with van der Waals surface area (Å²) >= 11 is 0. The van der Waals surface area contributed by atoms with Crippen molar-refractivity contribution in [1.82, 2.24) is 4.90 Å². The normalized spacial score (nSPS) is 30.4. The molecule has 0 aromatic heterocycles. The van der Waals surface area contributed by atoms with Crippen LogP contribution < -0.4 is 0 Å². The highest BCUT2D eigenvalue weighted by Gasteiger charge is 2.58. The number of hydrogen-bond acceptors (Lipinski definition) is 3. The van der Waals surface area contributed by atoms with Crippen molar-refractivity contribution < 1.29 is 14.6 Å². The summed E-state index contributed by atoms with van der Waals surface area (Å²) in [6.07, 6.45) is -0.0805. The van der Waals surface area contributed by atoms with Gasteiger partial charge in [-0.05, 0) is 18.9 Å². The summed E-state index contributed by atoms with van der Waals surface area (Å²) in [6, 6.07) is 9.67. The first-order valence-corrected chi connectivity index (χ1v) is 6.88. The number of aliphatic hydroxyl groups is 1. The van der Waals surface area contributed by atoms with Gasteiger partial charge in [0.25, 0.3) is 0 Å². The molecule has 3 atom stereocenters. The molecule has 2 aliphatic heterocycles. The minimum atomic E-state index is -0.748. The molecule has 2 fully saturated rings. The smallest absolute Gasteiger partial charge is 0.225 e. The molecule has 2 heterocycles. The summed E-state index contributed by atoms with van der Waals surface area (Å²) in [4.78, 5) is 14.0. The van der Waals surface area contributed by atoms with Crippen LogP contribution in [-0.2, 0) is 9.53 Å². The van der Waals surface area contributed by atoms with Gasteiger partial charge in [-0.1, -0.05) is 36.9 Å². The molecule has 4 nitrogen and oxygen atoms in total. The standard InChI is InChI=1S/C16H19NO3/c1-11(2)14(19)16-9-8-13(18)17(16)15(20-10-16)12-6-4-3-5-7-12/h3-7,14-15,19H,1,8-10H2,2H3/t14-,15+,16-/m1/s1. The molecular weight excluding hydrogens is 254 g/mol. The third-order valence-corrected chi connectivity index (χ3v) is 4.31. The molecule has 0 spiro atoms. The van der Waals surface area contributed by atoms with Gasteiger partial charge in [-0.2, -0.15) is 0 Å². The average Bonchev–Trinajstić information content (AvgIpc) is 2.99. The number of hydrogen-bond donors (Lipinski definition) is 1. The molecule has 1 N–H and O–H groups in total. The van der Waals surface area contributed by atoms with Gasteiger partial charge in [-0.15, -0.1) is 0 Å². The number of nitrogens with zero attached hydrogens (tertiary/aromatic N) is 1. The van der Waals surface area contributed by atoms with E-state index in [2.05, 4.69) is 6.58 Å². The van der Waals surface area contributed by atoms with Crippen LogP contribution >= 0.6 is 0 Å². The Morgan fingerprint density at radius 3 is 2.85 bits per heavy atom. The second-order valence-electron chi connectivity index (χ2n) is 5.69. The Labute approximate surface area is 118 Å². The van der Waals surface area contributed by atoms with Crippen LogP contribution in [0.15, 0.2) is 42.5 Å². The number of fused-ring (bicyclic) bond motifs is 1. The topological polar surface area (TPSA) is 49.8 Å². The van der Waals surface area contributed by atoms with Crippen LogP contribution in [0.4, 0.5) is 0 Å². The number of rotatable bonds is 3. The molecule has 0 aliphatic carbocycles. The molecule has 1 aromatic carbocycles. The number of aliphatic hydroxyl groups excluding tert-OH is 1. The highest BCUT2D eigenvalue weighted by atomic mass is 16.5. The van der Waals surface area contributed by atoms with Crippen LogP contribution in [-0.4, -0.2) is 34.2 Å². The summed E-state index contributed by atoms with van der Waals surface area (Å²) in [6.45, 7) is 5.98. The van der Waals surface area contributed by atoms with Gasteiger partial charge in [0.05, 0.1) is 12.1 Å². The fraction of sp³-hybridized carbons (Fsp3) is 0.438. The first kappa shape index (κ1) is 13.3. The van der Waals surface area contributed by atoms with Crippen molar-refractivity contribution in [2.45, 2.75) is 37.6 Å². The third-order valence-electron chi connectivity index (χ3n) is 4.31. The fourth-order valence-corrected chi connectivity index (χ4v) is 3.29. The molecule has 106 valence electrons. The molecule has 3 rings (SSSR count). The SMILES string of the molecule is C=C(C)[C@@H](O)[C@]12CCC(=O)N1[C@H](c1ccccc1)OC2. The average molecular weight is 273 g/mol. The molecule has 2 aliphatic rings. The van der Waals surface area contributed by atoms with Crippen molar-refractivity contribution in [2.24, 2.45) is 0 Å². The molecule has 4 heteroatoms. The van der Waals surface area contributed by atoms with E-state index in [4.69, 9.17) is 4.74 Å². The van der Waals surface area contributed by atoms with E-state index in [0.29, 0.717) is 25.0 Å². The van der Waals surface area contributed by atoms with Gasteiger partial charge in [-0.3, -0.25) is 4.79 Å². The Balaban J connectivity index is 1.99. The van der Waals surface area contributed by atoms with Crippen molar-refractivity contribution in [3.63, 3.8) is 0 Å². The zero-order valence-electron chi connectivity index (χ0n) is 11.6. The maximum Gasteiger partial charge on any atom is 0.225 e. The fourth-order valence-electron chi connectivity index (χ4n) is 3.29. The lowest BCUT2D eigenvalue weighted by Gasteiger charge is -2.37. The van der Waals surface area contributed by atoms with Gasteiger partial charge in [0.1, 0.15) is 6.10 Å². The van der Waals surface area contributed by atoms with E-state index in [0.717, 1.165) is 5.56 Å². The lowest BCUT2D eigenvalue weighted by Crippen LogP contribution is -2.52. The van der Waals surface area contributed by atoms with Crippen LogP contribution in [0.25, 0.3) is 0 Å². The number of ether oxygens (including phenoxy) is 1. The van der Waals surface area contributed by atoms with Gasteiger partial charge in [0.15, 0.2) is 6.23 Å². The van der Waals surface area contributed by atoms with Crippen molar-refractivity contribution >= 4 is 5.91 Å². The second-order valence-corrected chi connectivity index (χ2v) is 5.69. The quantitative estimate of drug-likeness (QED) is 0.857. The minimum absolute atomic E-state index is 0.0386. The predicted molar refractivity (Wildman–Crippen MR) is 74.8 cm³/mol. The van der Waals surface area contributed by atoms with Crippen molar-refractivity contribution in [2.75, 3.05) is 6.61 Å². The Morgan fingerprint density at radius 1 is 1.50 bits per heavy atom. The van der Waals surface area contributed by atoms with Gasteiger partial charge < -0.3 is 14.7 Å². The molecule has 0 radical (unpaired) electrons. The number of amides is 1. The van der Waals surface area contributed by atoms with Crippen LogP contribution in [0.3, 0.4) is 0 Å². The molecular formula is C16H19NO3. The van der Waals surface area contributed by atoms with Gasteiger partial charge >= 0.3 is 0 Å². The van der Waals surface area contributed by atoms with E-state index in [1.807, 2.05) is 30.3 Å². The van der Waals surface area contributed by atoms with Crippen LogP contribution in [0, 0.1) is 0 Å². The van der Waals surface area contributed by atoms with Crippen LogP contribution in [0.1, 0.15) is 31.6 Å². The van der Waals surface area contributed by atoms with Crippen LogP contribution in [0.2, 0.25) is 0 Å². The molecule has 2 saturated heterocycles. The zero-order chi connectivity index (χ0) is 14.3. The van der Waals surface area contributed by atoms with E-state index in [1.165, 1.54) is 0 Å². The summed E-state index contributed by atoms with van der Waals surface area (Å²) in [7, 11) is 0. The largest absolute Gasteiger partial charge is 0.386 e. The van der Waals surface area contributed by atoms with Gasteiger partial charge in [0.2, 0.25) is 5.91 Å². The number of carbonyl (C=O) groups is 1. The van der Waals surface area contributed by atoms with E-state index in [-0.39, 0.29) is 5.91 Å². The third kappa shape index (κ3) is 1.79. The maximum absolute atomic E-state index is 12.3. The van der Waals surface area contributed by atoms with Crippen molar-refractivity contribution in [3.05, 3.63) is 48.0 Å². The van der Waals surface area contributed by atoms with E-state index >= 15 is 0 Å². The molecule has 0 bridgehead atoms. The number of benzene rings is 1. The predicted octanol–water partition coefficient (Wildman–Crippen LogP) is 2.01. The Bertz CT molecular complexity index is 542. The number of carbonyl (C=O) groups excluding carboxylic acids is 1. The first-order chi connectivity index (χ1) is 9.56. The Hall–Kier alpha value is -1.65. The Kier molecular flexibility index (Phi) is 3.15. The lowest BCUT2D eigenvalue weighted by molar-refractivity contribution is -0.137. The summed E-state index contributed by atoms with van der Waals surface area (Å²) < 4.78 is 5.86. The van der Waals surface area contributed by atoms with E-state index in [9.17, 15) is 9.90 Å². The molecule has 20 heavy (non-hydrogen) atoms. The summed E-state index contributed by atoms with van der Waals surface area (Å²) in [5.41, 5.74) is 0.962. The Morgan fingerprint density at radius 2 is 2.20 bits per heavy atom. The molecule has 0 saturated carbocycles. The zero-order valence-corrected chi connectivity index (χ0v) is 11.6. The molecule has 0 unspecified atom stereocenters. The molecule has 1 aromatic rings. The van der Waals surface area contributed by atoms with E-state index in [1.54, 1.807) is 11.8 Å². The first-order valence-electron chi connectivity index (χ1n) is 6.88. The van der Waals surface area contributed by atoms with Gasteiger partial charge in [0, 0.05) is 12.0 Å². The van der Waals surface area contributed by atoms with Crippen molar-refractivity contribution in [3.8, 4) is 0 Å². The summed E-state index contributed by atoms with van der Waals surface area (Å²) in [5.74, 6) is 0.0386. The second kappa shape index (κ2) is 4.72. The molecule has 1 amide bonds. The maximum atomic E-state index is 12.3. The summed E-state index contributed by atoms with van der Waals surface area (Å²) in [5, 5.41) is 10.5. The highest BCUT2D eigenvalue weighted by molar-refractivity contribution is 5.81. The van der Waals surface area contributed by atoms with Crippen LogP contribution in [0.5, 0.6) is 0 Å². The van der Waals surface area contributed by atoms with Crippen molar-refractivity contribution in [1.29, 1.82) is 0 Å². The van der Waals surface area contributed by atoms with E-state index < -0.39 is 17.9 Å². The minimum Gasteiger partial charge on any atom is -0.386 e. The lowest BCUT2D eigenvalue weighted by atomic mass is 9.87. The van der Waals surface area contributed by atoms with Gasteiger partial charge in [-0.25, -0.2) is 0 Å². The highest BCUT2D eigenvalue weighted by Crippen LogP contribution is 2.47. The monoisotopic (exact) mass is 273 g/mol.